The van der Waals surface area contributed by atoms with Crippen LogP contribution in [0.2, 0.25) is 10.0 Å². The summed E-state index contributed by atoms with van der Waals surface area (Å²) in [4.78, 5) is 2.27. The number of benzene rings is 1. The summed E-state index contributed by atoms with van der Waals surface area (Å²) in [7, 11) is 2.08. The van der Waals surface area contributed by atoms with Gasteiger partial charge in [-0.1, -0.05) is 29.3 Å². The highest BCUT2D eigenvalue weighted by Gasteiger charge is 2.32. The second kappa shape index (κ2) is 6.42. The first-order chi connectivity index (χ1) is 9.04. The summed E-state index contributed by atoms with van der Waals surface area (Å²) in [6.07, 6.45) is 1.25. The molecular weight excluding hydrogens is 283 g/mol. The number of rotatable bonds is 4. The molecule has 19 heavy (non-hydrogen) atoms. The molecule has 5 heteroatoms. The fourth-order valence-corrected chi connectivity index (χ4v) is 3.31. The zero-order valence-electron chi connectivity index (χ0n) is 11.3. The Labute approximate surface area is 124 Å². The van der Waals surface area contributed by atoms with Gasteiger partial charge in [0.25, 0.3) is 0 Å². The van der Waals surface area contributed by atoms with Crippen molar-refractivity contribution in [2.75, 3.05) is 20.2 Å². The lowest BCUT2D eigenvalue weighted by molar-refractivity contribution is 0.0686. The van der Waals surface area contributed by atoms with Crippen molar-refractivity contribution in [1.82, 2.24) is 4.90 Å². The van der Waals surface area contributed by atoms with Crippen molar-refractivity contribution in [3.8, 4) is 0 Å². The van der Waals surface area contributed by atoms with Crippen LogP contribution >= 0.6 is 23.2 Å². The van der Waals surface area contributed by atoms with E-state index in [9.17, 15) is 0 Å². The average molecular weight is 303 g/mol. The number of hydrogen-bond acceptors (Lipinski definition) is 3. The number of hydrogen-bond donors (Lipinski definition) is 1. The zero-order chi connectivity index (χ0) is 14.0. The number of nitrogens with zero attached hydrogens (tertiary/aromatic N) is 1. The summed E-state index contributed by atoms with van der Waals surface area (Å²) in [5.74, 6) is 0. The Morgan fingerprint density at radius 2 is 2.21 bits per heavy atom. The van der Waals surface area contributed by atoms with Crippen LogP contribution in [-0.2, 0) is 4.74 Å². The van der Waals surface area contributed by atoms with Crippen molar-refractivity contribution in [2.45, 2.75) is 31.5 Å². The molecule has 0 bridgehead atoms. The Bertz CT molecular complexity index is 441. The third kappa shape index (κ3) is 3.23. The van der Waals surface area contributed by atoms with Gasteiger partial charge in [0, 0.05) is 35.3 Å². The zero-order valence-corrected chi connectivity index (χ0v) is 12.8. The highest BCUT2D eigenvalue weighted by atomic mass is 35.5. The molecule has 2 rings (SSSR count). The second-order valence-electron chi connectivity index (χ2n) is 5.01. The van der Waals surface area contributed by atoms with Crippen LogP contribution in [0.25, 0.3) is 0 Å². The van der Waals surface area contributed by atoms with E-state index in [1.54, 1.807) is 6.07 Å². The molecule has 106 valence electrons. The summed E-state index contributed by atoms with van der Waals surface area (Å²) in [5, 5.41) is 1.31. The van der Waals surface area contributed by atoms with Crippen molar-refractivity contribution in [1.29, 1.82) is 0 Å². The molecule has 0 aliphatic carbocycles. The van der Waals surface area contributed by atoms with Gasteiger partial charge in [-0.15, -0.1) is 0 Å². The Balaban J connectivity index is 2.23. The van der Waals surface area contributed by atoms with Crippen LogP contribution in [0.3, 0.4) is 0 Å². The van der Waals surface area contributed by atoms with Crippen LogP contribution in [0.5, 0.6) is 0 Å². The number of likely N-dealkylation sites (N-methyl/N-ethyl adjacent to an activating group) is 1. The molecule has 0 amide bonds. The van der Waals surface area contributed by atoms with Gasteiger partial charge in [0.2, 0.25) is 0 Å². The molecule has 3 nitrogen and oxygen atoms in total. The van der Waals surface area contributed by atoms with Crippen molar-refractivity contribution in [3.05, 3.63) is 33.8 Å². The number of ether oxygens (including phenoxy) is 1. The first kappa shape index (κ1) is 15.1. The molecule has 0 radical (unpaired) electrons. The lowest BCUT2D eigenvalue weighted by atomic mass is 10.0. The maximum absolute atomic E-state index is 6.29. The smallest absolute Gasteiger partial charge is 0.0703 e. The van der Waals surface area contributed by atoms with Crippen LogP contribution in [-0.4, -0.2) is 37.2 Å². The average Bonchev–Trinajstić information content (AvgIpc) is 2.78. The van der Waals surface area contributed by atoms with E-state index < -0.39 is 0 Å². The van der Waals surface area contributed by atoms with Gasteiger partial charge in [0.1, 0.15) is 0 Å². The summed E-state index contributed by atoms with van der Waals surface area (Å²) < 4.78 is 5.63. The van der Waals surface area contributed by atoms with Gasteiger partial charge in [-0.25, -0.2) is 0 Å². The Hall–Kier alpha value is -0.320. The number of halogens is 2. The van der Waals surface area contributed by atoms with Gasteiger partial charge in [0.05, 0.1) is 6.10 Å². The fourth-order valence-electron chi connectivity index (χ4n) is 2.77. The van der Waals surface area contributed by atoms with E-state index in [2.05, 4.69) is 18.9 Å². The maximum Gasteiger partial charge on any atom is 0.0703 e. The van der Waals surface area contributed by atoms with E-state index in [-0.39, 0.29) is 12.1 Å². The van der Waals surface area contributed by atoms with E-state index in [1.165, 1.54) is 0 Å². The maximum atomic E-state index is 6.29. The Kier molecular flexibility index (Phi) is 5.09. The highest BCUT2D eigenvalue weighted by Crippen LogP contribution is 2.32. The third-order valence-corrected chi connectivity index (χ3v) is 4.46. The molecule has 1 heterocycles. The predicted molar refractivity (Wildman–Crippen MR) is 79.8 cm³/mol. The van der Waals surface area contributed by atoms with Gasteiger partial charge in [-0.05, 0) is 38.1 Å². The van der Waals surface area contributed by atoms with E-state index in [4.69, 9.17) is 33.7 Å². The summed E-state index contributed by atoms with van der Waals surface area (Å²) in [6.45, 7) is 3.42. The van der Waals surface area contributed by atoms with E-state index in [1.807, 2.05) is 12.1 Å². The van der Waals surface area contributed by atoms with Gasteiger partial charge < -0.3 is 10.5 Å². The number of nitrogens with two attached hydrogens (primary N) is 1. The van der Waals surface area contributed by atoms with Crippen molar-refractivity contribution >= 4 is 23.2 Å². The van der Waals surface area contributed by atoms with Crippen LogP contribution in [0, 0.1) is 0 Å². The molecule has 1 saturated heterocycles. The van der Waals surface area contributed by atoms with Gasteiger partial charge in [-0.3, -0.25) is 4.90 Å². The lowest BCUT2D eigenvalue weighted by Crippen LogP contribution is -2.42. The molecule has 1 aromatic carbocycles. The minimum absolute atomic E-state index is 0.0823. The van der Waals surface area contributed by atoms with E-state index >= 15 is 0 Å². The molecule has 0 saturated carbocycles. The summed E-state index contributed by atoms with van der Waals surface area (Å²) in [6, 6.07) is 6.04. The van der Waals surface area contributed by atoms with E-state index in [0.29, 0.717) is 22.6 Å². The van der Waals surface area contributed by atoms with Crippen LogP contribution in [0.15, 0.2) is 18.2 Å². The van der Waals surface area contributed by atoms with Gasteiger partial charge >= 0.3 is 0 Å². The quantitative estimate of drug-likeness (QED) is 0.929. The van der Waals surface area contributed by atoms with Crippen LogP contribution < -0.4 is 5.73 Å². The minimum atomic E-state index is 0.0823. The molecule has 1 aliphatic heterocycles. The van der Waals surface area contributed by atoms with E-state index in [0.717, 1.165) is 18.6 Å². The second-order valence-corrected chi connectivity index (χ2v) is 5.86. The molecule has 3 atom stereocenters. The molecule has 2 N–H and O–H groups in total. The van der Waals surface area contributed by atoms with Crippen molar-refractivity contribution in [3.63, 3.8) is 0 Å². The highest BCUT2D eigenvalue weighted by molar-refractivity contribution is 6.35. The largest absolute Gasteiger partial charge is 0.377 e. The summed E-state index contributed by atoms with van der Waals surface area (Å²) in [5.41, 5.74) is 6.97. The molecule has 0 aromatic heterocycles. The van der Waals surface area contributed by atoms with Gasteiger partial charge in [-0.2, -0.15) is 0 Å². The minimum Gasteiger partial charge on any atom is -0.377 e. The lowest BCUT2D eigenvalue weighted by Gasteiger charge is -2.34. The van der Waals surface area contributed by atoms with Gasteiger partial charge in [0.15, 0.2) is 0 Å². The van der Waals surface area contributed by atoms with Crippen molar-refractivity contribution in [2.24, 2.45) is 5.73 Å². The topological polar surface area (TPSA) is 38.5 Å². The monoisotopic (exact) mass is 302 g/mol. The Morgan fingerprint density at radius 1 is 1.47 bits per heavy atom. The normalized spacial score (nSPS) is 24.9. The standard InChI is InChI=1S/C14H20Cl2N2O/c1-9-13(5-6-19-9)18(2)14(8-17)11-4-3-10(15)7-12(11)16/h3-4,7,9,13-14H,5-6,8,17H2,1-2H3. The first-order valence-corrected chi connectivity index (χ1v) is 7.28. The molecule has 0 spiro atoms. The molecular formula is C14H20Cl2N2O. The van der Waals surface area contributed by atoms with Crippen molar-refractivity contribution < 1.29 is 4.74 Å². The molecule has 1 aliphatic rings. The molecule has 1 fully saturated rings. The predicted octanol–water partition coefficient (Wildman–Crippen LogP) is 3.10. The first-order valence-electron chi connectivity index (χ1n) is 6.53. The van der Waals surface area contributed by atoms with Crippen LogP contribution in [0.4, 0.5) is 0 Å². The molecule has 1 aromatic rings. The third-order valence-electron chi connectivity index (χ3n) is 3.90. The Morgan fingerprint density at radius 3 is 2.74 bits per heavy atom. The SMILES string of the molecule is CC1OCCC1N(C)C(CN)c1ccc(Cl)cc1Cl. The molecule has 3 unspecified atom stereocenters. The van der Waals surface area contributed by atoms with Crippen LogP contribution in [0.1, 0.15) is 24.9 Å². The fraction of sp³-hybridized carbons (Fsp3) is 0.571. The summed E-state index contributed by atoms with van der Waals surface area (Å²) >= 11 is 12.2.